The van der Waals surface area contributed by atoms with E-state index in [2.05, 4.69) is 10.3 Å². The minimum Gasteiger partial charge on any atom is -0.479 e. The van der Waals surface area contributed by atoms with Gasteiger partial charge in [0.2, 0.25) is 0 Å². The topological polar surface area (TPSA) is 109 Å². The molecule has 0 aliphatic rings. The summed E-state index contributed by atoms with van der Waals surface area (Å²) < 4.78 is 5.06. The third kappa shape index (κ3) is 3.88. The monoisotopic (exact) mass is 346 g/mol. The molecule has 134 valence electrons. The largest absolute Gasteiger partial charge is 0.479 e. The molecule has 0 saturated heterocycles. The van der Waals surface area contributed by atoms with Gasteiger partial charge >= 0.3 is 11.9 Å². The average molecular weight is 346 g/mol. The number of esters is 1. The average Bonchev–Trinajstić information content (AvgIpc) is 2.52. The van der Waals surface area contributed by atoms with E-state index >= 15 is 0 Å². The lowest BCUT2D eigenvalue weighted by Crippen LogP contribution is -2.42. The lowest BCUT2D eigenvalue weighted by atomic mass is 10.0. The van der Waals surface area contributed by atoms with Crippen molar-refractivity contribution >= 4 is 28.5 Å². The molecule has 1 aromatic heterocycles. The van der Waals surface area contributed by atoms with Gasteiger partial charge in [0.25, 0.3) is 0 Å². The quantitative estimate of drug-likeness (QED) is 0.688. The molecular formula is C18H22N2O5. The zero-order valence-electron chi connectivity index (χ0n) is 14.7. The van der Waals surface area contributed by atoms with Gasteiger partial charge < -0.3 is 20.3 Å². The number of fused-ring (bicyclic) bond motifs is 1. The molecule has 2 aromatic rings. The number of hydrogen-bond donors (Lipinski definition) is 3. The van der Waals surface area contributed by atoms with Gasteiger partial charge in [-0.15, -0.1) is 0 Å². The smallest absolute Gasteiger partial charge is 0.341 e. The summed E-state index contributed by atoms with van der Waals surface area (Å²) in [6.45, 7) is 6.64. The number of anilines is 1. The van der Waals surface area contributed by atoms with Crippen molar-refractivity contribution in [1.29, 1.82) is 0 Å². The molecule has 25 heavy (non-hydrogen) atoms. The van der Waals surface area contributed by atoms with Gasteiger partial charge in [-0.25, -0.2) is 9.59 Å². The van der Waals surface area contributed by atoms with E-state index in [1.807, 2.05) is 26.0 Å². The van der Waals surface area contributed by atoms with Gasteiger partial charge in [0.05, 0.1) is 24.4 Å². The molecule has 1 heterocycles. The summed E-state index contributed by atoms with van der Waals surface area (Å²) in [4.78, 5) is 27.7. The van der Waals surface area contributed by atoms with E-state index < -0.39 is 17.5 Å². The summed E-state index contributed by atoms with van der Waals surface area (Å²) in [5.41, 5.74) is 1.20. The fourth-order valence-corrected chi connectivity index (χ4v) is 2.55. The van der Waals surface area contributed by atoms with Gasteiger partial charge in [0.15, 0.2) is 5.60 Å². The molecule has 0 radical (unpaired) electrons. The third-order valence-corrected chi connectivity index (χ3v) is 3.87. The molecule has 0 bridgehead atoms. The second-order valence-corrected chi connectivity index (χ2v) is 6.18. The molecule has 3 N–H and O–H groups in total. The van der Waals surface area contributed by atoms with E-state index in [-0.39, 0.29) is 18.7 Å². The Balaban J connectivity index is 2.60. The number of hydrogen-bond acceptors (Lipinski definition) is 6. The van der Waals surface area contributed by atoms with Gasteiger partial charge in [0.1, 0.15) is 5.56 Å². The first kappa shape index (κ1) is 18.7. The highest BCUT2D eigenvalue weighted by Crippen LogP contribution is 2.30. The highest BCUT2D eigenvalue weighted by atomic mass is 16.5. The lowest BCUT2D eigenvalue weighted by Gasteiger charge is -2.21. The highest BCUT2D eigenvalue weighted by Gasteiger charge is 2.30. The number of aryl methyl sites for hydroxylation is 2. The van der Waals surface area contributed by atoms with Crippen molar-refractivity contribution in [3.63, 3.8) is 0 Å². The lowest BCUT2D eigenvalue weighted by molar-refractivity contribution is -0.155. The molecule has 1 aromatic carbocycles. The van der Waals surface area contributed by atoms with E-state index in [4.69, 9.17) is 9.84 Å². The van der Waals surface area contributed by atoms with Crippen LogP contribution in [0.3, 0.4) is 0 Å². The minimum absolute atomic E-state index is 0.195. The van der Waals surface area contributed by atoms with Gasteiger partial charge in [-0.05, 0) is 39.3 Å². The number of aromatic nitrogens is 1. The summed E-state index contributed by atoms with van der Waals surface area (Å²) in [5.74, 6) is -1.92. The van der Waals surface area contributed by atoms with Crippen LogP contribution in [0.25, 0.3) is 10.9 Å². The van der Waals surface area contributed by atoms with Gasteiger partial charge in [-0.1, -0.05) is 11.6 Å². The minimum atomic E-state index is -1.99. The normalized spacial score (nSPS) is 13.3. The molecule has 0 amide bonds. The number of nitrogens with one attached hydrogen (secondary N) is 1. The van der Waals surface area contributed by atoms with Gasteiger partial charge in [-0.3, -0.25) is 4.98 Å². The van der Waals surface area contributed by atoms with E-state index in [1.54, 1.807) is 6.92 Å². The molecule has 0 aliphatic heterocycles. The number of aliphatic hydroxyl groups is 1. The molecule has 0 saturated carbocycles. The first-order valence-electron chi connectivity index (χ1n) is 7.94. The Morgan fingerprint density at radius 3 is 2.60 bits per heavy atom. The summed E-state index contributed by atoms with van der Waals surface area (Å²) >= 11 is 0. The van der Waals surface area contributed by atoms with Crippen LogP contribution < -0.4 is 5.32 Å². The van der Waals surface area contributed by atoms with Crippen molar-refractivity contribution in [2.24, 2.45) is 0 Å². The predicted molar refractivity (Wildman–Crippen MR) is 93.9 cm³/mol. The molecule has 2 rings (SSSR count). The van der Waals surface area contributed by atoms with Crippen molar-refractivity contribution in [2.75, 3.05) is 18.5 Å². The van der Waals surface area contributed by atoms with Crippen LogP contribution in [-0.4, -0.2) is 45.9 Å². The summed E-state index contributed by atoms with van der Waals surface area (Å²) in [6, 6.07) is 3.83. The van der Waals surface area contributed by atoms with Crippen molar-refractivity contribution in [2.45, 2.75) is 33.3 Å². The maximum absolute atomic E-state index is 12.3. The van der Waals surface area contributed by atoms with Crippen molar-refractivity contribution in [3.8, 4) is 0 Å². The Kier molecular flexibility index (Phi) is 5.27. The van der Waals surface area contributed by atoms with Crippen molar-refractivity contribution in [1.82, 2.24) is 4.98 Å². The first-order valence-corrected chi connectivity index (χ1v) is 7.94. The Morgan fingerprint density at radius 2 is 2.00 bits per heavy atom. The summed E-state index contributed by atoms with van der Waals surface area (Å²) in [7, 11) is 0. The van der Waals surface area contributed by atoms with Crippen LogP contribution in [0.2, 0.25) is 0 Å². The number of carbonyl (C=O) groups is 2. The van der Waals surface area contributed by atoms with Crippen LogP contribution in [0.1, 0.15) is 35.3 Å². The Labute approximate surface area is 145 Å². The zero-order valence-corrected chi connectivity index (χ0v) is 14.7. The number of nitrogens with zero attached hydrogens (tertiary/aromatic N) is 1. The van der Waals surface area contributed by atoms with Crippen molar-refractivity contribution in [3.05, 3.63) is 35.0 Å². The molecule has 0 aliphatic carbocycles. The van der Waals surface area contributed by atoms with E-state index in [0.717, 1.165) is 11.1 Å². The van der Waals surface area contributed by atoms with Crippen LogP contribution in [-0.2, 0) is 9.53 Å². The Hall–Kier alpha value is -2.67. The highest BCUT2D eigenvalue weighted by molar-refractivity contribution is 6.05. The number of aliphatic carboxylic acids is 1. The summed E-state index contributed by atoms with van der Waals surface area (Å²) in [5, 5.41) is 22.6. The van der Waals surface area contributed by atoms with Gasteiger partial charge in [0, 0.05) is 11.6 Å². The molecule has 7 heteroatoms. The number of carboxylic acids is 1. The maximum Gasteiger partial charge on any atom is 0.341 e. The van der Waals surface area contributed by atoms with Crippen LogP contribution in [0.15, 0.2) is 18.3 Å². The number of carbonyl (C=O) groups excluding carboxylic acids is 1. The molecular weight excluding hydrogens is 324 g/mol. The first-order chi connectivity index (χ1) is 11.7. The zero-order chi connectivity index (χ0) is 18.8. The van der Waals surface area contributed by atoms with Crippen LogP contribution in [0.4, 0.5) is 5.69 Å². The van der Waals surface area contributed by atoms with Crippen LogP contribution >= 0.6 is 0 Å². The van der Waals surface area contributed by atoms with Crippen LogP contribution in [0.5, 0.6) is 0 Å². The Bertz CT molecular complexity index is 830. The number of carboxylic acid groups (broad SMARTS) is 1. The predicted octanol–water partition coefficient (Wildman–Crippen LogP) is 2.28. The Morgan fingerprint density at radius 1 is 1.32 bits per heavy atom. The van der Waals surface area contributed by atoms with Crippen LogP contribution in [0, 0.1) is 13.8 Å². The SMILES string of the molecule is CCOC(=O)c1cnc2c(C)cc(C)cc2c1NCC(C)(O)C(=O)O. The number of benzene rings is 1. The van der Waals surface area contributed by atoms with E-state index in [1.165, 1.54) is 13.1 Å². The molecule has 1 atom stereocenters. The van der Waals surface area contributed by atoms with E-state index in [0.29, 0.717) is 16.6 Å². The molecule has 0 spiro atoms. The van der Waals surface area contributed by atoms with E-state index in [9.17, 15) is 14.7 Å². The van der Waals surface area contributed by atoms with Crippen molar-refractivity contribution < 1.29 is 24.5 Å². The third-order valence-electron chi connectivity index (χ3n) is 3.87. The summed E-state index contributed by atoms with van der Waals surface area (Å²) in [6.07, 6.45) is 1.40. The number of pyridine rings is 1. The fraction of sp³-hybridized carbons (Fsp3) is 0.389. The van der Waals surface area contributed by atoms with Gasteiger partial charge in [-0.2, -0.15) is 0 Å². The number of ether oxygens (including phenoxy) is 1. The second kappa shape index (κ2) is 7.06. The molecule has 7 nitrogen and oxygen atoms in total. The fourth-order valence-electron chi connectivity index (χ4n) is 2.55. The maximum atomic E-state index is 12.3. The standard InChI is InChI=1S/C18H22N2O5/c1-5-25-16(21)13-8-19-14-11(3)6-10(2)7-12(14)15(13)20-9-18(4,24)17(22)23/h6-8,24H,5,9H2,1-4H3,(H,19,20)(H,22,23). The number of rotatable bonds is 6. The molecule has 0 fully saturated rings. The molecule has 1 unspecified atom stereocenters. The second-order valence-electron chi connectivity index (χ2n) is 6.18.